The van der Waals surface area contributed by atoms with E-state index in [9.17, 15) is 4.79 Å². The molecule has 20 heavy (non-hydrogen) atoms. The maximum absolute atomic E-state index is 11.5. The predicted octanol–water partition coefficient (Wildman–Crippen LogP) is 0.903. The van der Waals surface area contributed by atoms with Crippen LogP contribution in [0, 0.1) is 12.8 Å². The van der Waals surface area contributed by atoms with Crippen LogP contribution >= 0.6 is 0 Å². The number of rotatable bonds is 7. The summed E-state index contributed by atoms with van der Waals surface area (Å²) in [5.74, 6) is 1.91. The predicted molar refractivity (Wildman–Crippen MR) is 78.9 cm³/mol. The normalized spacial score (nSPS) is 12.8. The summed E-state index contributed by atoms with van der Waals surface area (Å²) in [5.41, 5.74) is 5.95. The number of hydrogen-bond acceptors (Lipinski definition) is 5. The van der Waals surface area contributed by atoms with Crippen LogP contribution in [0.1, 0.15) is 32.0 Å². The highest BCUT2D eigenvalue weighted by Gasteiger charge is 2.10. The van der Waals surface area contributed by atoms with Gasteiger partial charge in [-0.25, -0.2) is 19.3 Å². The number of nitrogens with two attached hydrogens (primary N) is 1. The summed E-state index contributed by atoms with van der Waals surface area (Å²) in [6.07, 6.45) is 3.30. The first kappa shape index (κ1) is 14.5. The number of nitrogens with zero attached hydrogens (tertiary/aromatic N) is 3. The monoisotopic (exact) mass is 278 g/mol. The van der Waals surface area contributed by atoms with Gasteiger partial charge in [0.15, 0.2) is 5.65 Å². The average molecular weight is 278 g/mol. The molecule has 1 unspecified atom stereocenters. The van der Waals surface area contributed by atoms with E-state index in [4.69, 9.17) is 5.73 Å². The Hall–Kier alpha value is -1.89. The van der Waals surface area contributed by atoms with E-state index in [2.05, 4.69) is 27.4 Å². The van der Waals surface area contributed by atoms with Crippen LogP contribution in [0.5, 0.6) is 0 Å². The van der Waals surface area contributed by atoms with Crippen LogP contribution in [0.4, 0.5) is 5.82 Å². The first-order chi connectivity index (χ1) is 9.65. The Morgan fingerprint density at radius 2 is 2.30 bits per heavy atom. The van der Waals surface area contributed by atoms with Crippen LogP contribution in [-0.2, 0) is 0 Å². The molecule has 7 nitrogen and oxygen atoms in total. The number of aromatic nitrogens is 4. The number of nitrogens with one attached hydrogen (secondary N) is 2. The van der Waals surface area contributed by atoms with Crippen molar-refractivity contribution in [2.75, 3.05) is 18.4 Å². The second kappa shape index (κ2) is 6.51. The van der Waals surface area contributed by atoms with Crippen molar-refractivity contribution in [2.45, 2.75) is 33.1 Å². The highest BCUT2D eigenvalue weighted by Crippen LogP contribution is 2.13. The Morgan fingerprint density at radius 1 is 1.50 bits per heavy atom. The third-order valence-electron chi connectivity index (χ3n) is 3.41. The quantitative estimate of drug-likeness (QED) is 0.698. The lowest BCUT2D eigenvalue weighted by molar-refractivity contribution is 0.473. The molecule has 0 aromatic carbocycles. The fraction of sp³-hybridized carbons (Fsp3) is 0.615. The molecule has 0 bridgehead atoms. The van der Waals surface area contributed by atoms with E-state index in [0.717, 1.165) is 31.6 Å². The Balaban J connectivity index is 2.11. The molecule has 110 valence electrons. The number of anilines is 1. The molecular formula is C13H22N6O. The molecule has 0 radical (unpaired) electrons. The van der Waals surface area contributed by atoms with Crippen molar-refractivity contribution in [3.05, 3.63) is 22.4 Å². The van der Waals surface area contributed by atoms with Crippen molar-refractivity contribution in [2.24, 2.45) is 11.7 Å². The zero-order valence-corrected chi connectivity index (χ0v) is 12.0. The van der Waals surface area contributed by atoms with Gasteiger partial charge in [-0.1, -0.05) is 13.3 Å². The molecule has 0 fully saturated rings. The molecule has 7 heteroatoms. The van der Waals surface area contributed by atoms with Crippen LogP contribution in [-0.4, -0.2) is 32.7 Å². The number of hydrogen-bond donors (Lipinski definition) is 3. The minimum atomic E-state index is -0.261. The Morgan fingerprint density at radius 3 is 3.00 bits per heavy atom. The zero-order chi connectivity index (χ0) is 14.5. The molecule has 0 aliphatic heterocycles. The number of fused-ring (bicyclic) bond motifs is 1. The maximum Gasteiger partial charge on any atom is 0.349 e. The summed E-state index contributed by atoms with van der Waals surface area (Å²) in [6.45, 7) is 5.50. The largest absolute Gasteiger partial charge is 0.370 e. The topological polar surface area (TPSA) is 101 Å². The van der Waals surface area contributed by atoms with Crippen molar-refractivity contribution in [1.82, 2.24) is 19.6 Å². The summed E-state index contributed by atoms with van der Waals surface area (Å²) in [7, 11) is 0. The van der Waals surface area contributed by atoms with Crippen LogP contribution in [0.15, 0.2) is 10.9 Å². The molecule has 1 atom stereocenters. The summed E-state index contributed by atoms with van der Waals surface area (Å²) >= 11 is 0. The van der Waals surface area contributed by atoms with Crippen LogP contribution in [0.25, 0.3) is 5.65 Å². The van der Waals surface area contributed by atoms with Gasteiger partial charge in [-0.15, -0.1) is 0 Å². The van der Waals surface area contributed by atoms with Gasteiger partial charge in [-0.2, -0.15) is 5.10 Å². The molecule has 2 rings (SSSR count). The summed E-state index contributed by atoms with van der Waals surface area (Å²) < 4.78 is 1.45. The molecule has 0 amide bonds. The van der Waals surface area contributed by atoms with Gasteiger partial charge in [0.05, 0.1) is 0 Å². The van der Waals surface area contributed by atoms with E-state index >= 15 is 0 Å². The van der Waals surface area contributed by atoms with Crippen LogP contribution in [0.3, 0.4) is 0 Å². The van der Waals surface area contributed by atoms with E-state index in [1.807, 2.05) is 0 Å². The van der Waals surface area contributed by atoms with Crippen LogP contribution in [0.2, 0.25) is 0 Å². The average Bonchev–Trinajstić information content (AvgIpc) is 2.79. The fourth-order valence-corrected chi connectivity index (χ4v) is 2.43. The minimum absolute atomic E-state index is 0.261. The molecule has 0 saturated carbocycles. The van der Waals surface area contributed by atoms with E-state index in [1.165, 1.54) is 4.40 Å². The van der Waals surface area contributed by atoms with Gasteiger partial charge in [0.1, 0.15) is 11.6 Å². The van der Waals surface area contributed by atoms with Gasteiger partial charge < -0.3 is 11.1 Å². The van der Waals surface area contributed by atoms with E-state index < -0.39 is 0 Å². The minimum Gasteiger partial charge on any atom is -0.370 e. The first-order valence-corrected chi connectivity index (χ1v) is 7.04. The SMILES string of the molecule is CCCC(CCN)CNc1cc2n[nH]c(=O)n2c(C)n1. The van der Waals surface area contributed by atoms with Gasteiger partial charge in [0, 0.05) is 12.6 Å². The standard InChI is InChI=1S/C13H22N6O/c1-3-4-10(5-6-14)8-15-11-7-12-17-18-13(20)19(12)9(2)16-11/h7,10,15H,3-6,8,14H2,1-2H3,(H,18,20). The third kappa shape index (κ3) is 3.16. The van der Waals surface area contributed by atoms with E-state index in [0.29, 0.717) is 23.9 Å². The van der Waals surface area contributed by atoms with Gasteiger partial charge in [-0.05, 0) is 32.2 Å². The van der Waals surface area contributed by atoms with Crippen molar-refractivity contribution >= 4 is 11.5 Å². The molecule has 0 saturated heterocycles. The van der Waals surface area contributed by atoms with Crippen molar-refractivity contribution in [3.63, 3.8) is 0 Å². The molecule has 0 spiro atoms. The number of aryl methyl sites for hydroxylation is 1. The lowest BCUT2D eigenvalue weighted by Gasteiger charge is -2.16. The number of H-pyrrole nitrogens is 1. The molecule has 0 aliphatic carbocycles. The third-order valence-corrected chi connectivity index (χ3v) is 3.41. The number of aromatic amines is 1. The Labute approximate surface area is 117 Å². The lowest BCUT2D eigenvalue weighted by atomic mass is 10.00. The summed E-state index contributed by atoms with van der Waals surface area (Å²) in [6, 6.07) is 1.77. The highest BCUT2D eigenvalue weighted by molar-refractivity contribution is 5.49. The summed E-state index contributed by atoms with van der Waals surface area (Å²) in [4.78, 5) is 15.9. The second-order valence-corrected chi connectivity index (χ2v) is 5.02. The van der Waals surface area contributed by atoms with Gasteiger partial charge in [0.2, 0.25) is 0 Å². The van der Waals surface area contributed by atoms with Crippen molar-refractivity contribution in [1.29, 1.82) is 0 Å². The highest BCUT2D eigenvalue weighted by atomic mass is 16.1. The molecule has 2 heterocycles. The smallest absolute Gasteiger partial charge is 0.349 e. The Kier molecular flexibility index (Phi) is 4.73. The zero-order valence-electron chi connectivity index (χ0n) is 12.0. The second-order valence-electron chi connectivity index (χ2n) is 5.02. The van der Waals surface area contributed by atoms with E-state index in [1.54, 1.807) is 13.0 Å². The van der Waals surface area contributed by atoms with Crippen molar-refractivity contribution < 1.29 is 0 Å². The molecule has 2 aromatic heterocycles. The maximum atomic E-state index is 11.5. The van der Waals surface area contributed by atoms with Gasteiger partial charge in [0.25, 0.3) is 0 Å². The lowest BCUT2D eigenvalue weighted by Crippen LogP contribution is -2.19. The first-order valence-electron chi connectivity index (χ1n) is 7.04. The fourth-order valence-electron chi connectivity index (χ4n) is 2.43. The van der Waals surface area contributed by atoms with Gasteiger partial charge in [-0.3, -0.25) is 0 Å². The molecular weight excluding hydrogens is 256 g/mol. The molecule has 4 N–H and O–H groups in total. The molecule has 0 aliphatic rings. The van der Waals surface area contributed by atoms with Crippen LogP contribution < -0.4 is 16.7 Å². The molecule has 2 aromatic rings. The summed E-state index contributed by atoms with van der Waals surface area (Å²) in [5, 5.41) is 9.71. The van der Waals surface area contributed by atoms with Gasteiger partial charge >= 0.3 is 5.69 Å². The Bertz CT molecular complexity index is 611. The van der Waals surface area contributed by atoms with Crippen molar-refractivity contribution in [3.8, 4) is 0 Å². The van der Waals surface area contributed by atoms with E-state index in [-0.39, 0.29) is 5.69 Å².